The molecule has 0 saturated heterocycles. The van der Waals surface area contributed by atoms with Crippen LogP contribution in [0.5, 0.6) is 0 Å². The van der Waals surface area contributed by atoms with Gasteiger partial charge in [-0.3, -0.25) is 4.79 Å². The summed E-state index contributed by atoms with van der Waals surface area (Å²) in [5.74, 6) is 0.398. The molecule has 0 bridgehead atoms. The van der Waals surface area contributed by atoms with Crippen LogP contribution in [0.2, 0.25) is 0 Å². The first-order valence-electron chi connectivity index (χ1n) is 6.44. The van der Waals surface area contributed by atoms with Crippen LogP contribution in [0.3, 0.4) is 0 Å². The fourth-order valence-corrected chi connectivity index (χ4v) is 2.55. The summed E-state index contributed by atoms with van der Waals surface area (Å²) in [6, 6.07) is 3.71. The van der Waals surface area contributed by atoms with Crippen molar-refractivity contribution in [3.8, 4) is 0 Å². The van der Waals surface area contributed by atoms with Gasteiger partial charge < -0.3 is 10.4 Å². The van der Waals surface area contributed by atoms with Crippen molar-refractivity contribution in [2.75, 3.05) is 6.54 Å². The lowest BCUT2D eigenvalue weighted by Gasteiger charge is -2.11. The third-order valence-electron chi connectivity index (χ3n) is 2.90. The second kappa shape index (κ2) is 6.58. The monoisotopic (exact) mass is 291 g/mol. The molecule has 5 nitrogen and oxygen atoms in total. The molecule has 0 aromatic carbocycles. The Balaban J connectivity index is 2.02. The number of aliphatic hydroxyl groups is 1. The molecule has 0 aliphatic heterocycles. The number of thiophene rings is 1. The third kappa shape index (κ3) is 3.40. The predicted octanol–water partition coefficient (Wildman–Crippen LogP) is 1.87. The van der Waals surface area contributed by atoms with Gasteiger partial charge in [-0.15, -0.1) is 11.3 Å². The molecule has 1 atom stereocenters. The van der Waals surface area contributed by atoms with E-state index < -0.39 is 6.10 Å². The fourth-order valence-electron chi connectivity index (χ4n) is 1.84. The van der Waals surface area contributed by atoms with Crippen molar-refractivity contribution in [1.82, 2.24) is 15.3 Å². The zero-order valence-corrected chi connectivity index (χ0v) is 12.3. The van der Waals surface area contributed by atoms with E-state index in [2.05, 4.69) is 15.3 Å². The average Bonchev–Trinajstić information content (AvgIpc) is 2.98. The standard InChI is InChI=1S/C14H17N3O2S/c1-3-11-10(7-15-9(2)17-11)14(19)16-8-12(18)13-5-4-6-20-13/h4-7,12,18H,3,8H2,1-2H3,(H,16,19)/t12-/m1/s1. The van der Waals surface area contributed by atoms with Crippen LogP contribution >= 0.6 is 11.3 Å². The quantitative estimate of drug-likeness (QED) is 0.882. The molecule has 106 valence electrons. The molecule has 0 aliphatic carbocycles. The maximum atomic E-state index is 12.1. The molecule has 0 unspecified atom stereocenters. The number of amides is 1. The van der Waals surface area contributed by atoms with Gasteiger partial charge in [-0.2, -0.15) is 0 Å². The lowest BCUT2D eigenvalue weighted by molar-refractivity contribution is 0.0916. The molecular formula is C14H17N3O2S. The summed E-state index contributed by atoms with van der Waals surface area (Å²) in [6.07, 6.45) is 1.52. The molecule has 2 rings (SSSR count). The topological polar surface area (TPSA) is 75.1 Å². The summed E-state index contributed by atoms with van der Waals surface area (Å²) in [4.78, 5) is 21.3. The van der Waals surface area contributed by atoms with Crippen molar-refractivity contribution < 1.29 is 9.90 Å². The summed E-state index contributed by atoms with van der Waals surface area (Å²) in [5, 5.41) is 14.6. The van der Waals surface area contributed by atoms with Crippen molar-refractivity contribution in [1.29, 1.82) is 0 Å². The van der Waals surface area contributed by atoms with E-state index in [-0.39, 0.29) is 12.5 Å². The normalized spacial score (nSPS) is 12.2. The number of carbonyl (C=O) groups is 1. The van der Waals surface area contributed by atoms with Crippen molar-refractivity contribution in [2.45, 2.75) is 26.4 Å². The number of nitrogens with one attached hydrogen (secondary N) is 1. The lowest BCUT2D eigenvalue weighted by Crippen LogP contribution is -2.29. The van der Waals surface area contributed by atoms with E-state index in [1.165, 1.54) is 17.5 Å². The van der Waals surface area contributed by atoms with Gasteiger partial charge in [-0.05, 0) is 24.8 Å². The van der Waals surface area contributed by atoms with Gasteiger partial charge in [0.2, 0.25) is 0 Å². The van der Waals surface area contributed by atoms with E-state index in [1.807, 2.05) is 24.4 Å². The molecule has 6 heteroatoms. The number of hydrogen-bond acceptors (Lipinski definition) is 5. The molecule has 0 radical (unpaired) electrons. The number of rotatable bonds is 5. The predicted molar refractivity (Wildman–Crippen MR) is 77.8 cm³/mol. The van der Waals surface area contributed by atoms with Gasteiger partial charge in [-0.25, -0.2) is 9.97 Å². The summed E-state index contributed by atoms with van der Waals surface area (Å²) < 4.78 is 0. The Morgan fingerprint density at radius 2 is 2.35 bits per heavy atom. The van der Waals surface area contributed by atoms with E-state index >= 15 is 0 Å². The maximum Gasteiger partial charge on any atom is 0.254 e. The van der Waals surface area contributed by atoms with Crippen molar-refractivity contribution in [3.05, 3.63) is 45.7 Å². The highest BCUT2D eigenvalue weighted by molar-refractivity contribution is 7.10. The largest absolute Gasteiger partial charge is 0.386 e. The van der Waals surface area contributed by atoms with Gasteiger partial charge in [0.25, 0.3) is 5.91 Å². The zero-order valence-electron chi connectivity index (χ0n) is 11.5. The molecule has 2 heterocycles. The minimum absolute atomic E-state index is 0.177. The number of aryl methyl sites for hydroxylation is 2. The minimum atomic E-state index is -0.685. The molecule has 2 aromatic heterocycles. The van der Waals surface area contributed by atoms with E-state index in [1.54, 1.807) is 6.92 Å². The highest BCUT2D eigenvalue weighted by atomic mass is 32.1. The average molecular weight is 291 g/mol. The lowest BCUT2D eigenvalue weighted by atomic mass is 10.1. The van der Waals surface area contributed by atoms with Gasteiger partial charge in [0.15, 0.2) is 0 Å². The number of aliphatic hydroxyl groups excluding tert-OH is 1. The molecule has 0 saturated carbocycles. The molecular weight excluding hydrogens is 274 g/mol. The Bertz CT molecular complexity index is 584. The van der Waals surface area contributed by atoms with E-state index in [0.717, 1.165) is 10.6 Å². The Hall–Kier alpha value is -1.79. The SMILES string of the molecule is CCc1nc(C)ncc1C(=O)NC[C@@H](O)c1cccs1. The van der Waals surface area contributed by atoms with E-state index in [0.29, 0.717) is 17.8 Å². The highest BCUT2D eigenvalue weighted by Gasteiger charge is 2.15. The Morgan fingerprint density at radius 3 is 3.00 bits per heavy atom. The second-order valence-electron chi connectivity index (χ2n) is 4.37. The van der Waals surface area contributed by atoms with Gasteiger partial charge >= 0.3 is 0 Å². The van der Waals surface area contributed by atoms with E-state index in [9.17, 15) is 9.90 Å². The Morgan fingerprint density at radius 1 is 1.55 bits per heavy atom. The van der Waals surface area contributed by atoms with Crippen LogP contribution in [0.4, 0.5) is 0 Å². The number of hydrogen-bond donors (Lipinski definition) is 2. The first-order valence-corrected chi connectivity index (χ1v) is 7.32. The molecule has 1 amide bonds. The second-order valence-corrected chi connectivity index (χ2v) is 5.35. The zero-order chi connectivity index (χ0) is 14.5. The summed E-state index contributed by atoms with van der Waals surface area (Å²) in [5.41, 5.74) is 1.19. The van der Waals surface area contributed by atoms with Crippen LogP contribution < -0.4 is 5.32 Å². The van der Waals surface area contributed by atoms with Crippen LogP contribution in [0.15, 0.2) is 23.7 Å². The first-order chi connectivity index (χ1) is 9.61. The number of nitrogens with zero attached hydrogens (tertiary/aromatic N) is 2. The highest BCUT2D eigenvalue weighted by Crippen LogP contribution is 2.18. The number of carbonyl (C=O) groups excluding carboxylic acids is 1. The van der Waals surface area contributed by atoms with Crippen molar-refractivity contribution in [3.63, 3.8) is 0 Å². The first kappa shape index (κ1) is 14.6. The van der Waals surface area contributed by atoms with Gasteiger partial charge in [-0.1, -0.05) is 13.0 Å². The third-order valence-corrected chi connectivity index (χ3v) is 3.87. The van der Waals surface area contributed by atoms with Crippen LogP contribution in [-0.4, -0.2) is 27.5 Å². The Kier molecular flexibility index (Phi) is 4.81. The maximum absolute atomic E-state index is 12.1. The minimum Gasteiger partial charge on any atom is -0.386 e. The smallest absolute Gasteiger partial charge is 0.254 e. The van der Waals surface area contributed by atoms with Crippen molar-refractivity contribution in [2.24, 2.45) is 0 Å². The Labute approximate surface area is 121 Å². The molecule has 2 N–H and O–H groups in total. The summed E-state index contributed by atoms with van der Waals surface area (Å²) >= 11 is 1.46. The van der Waals surface area contributed by atoms with Gasteiger partial charge in [0.1, 0.15) is 11.9 Å². The molecule has 0 fully saturated rings. The van der Waals surface area contributed by atoms with Gasteiger partial charge in [0.05, 0.1) is 11.3 Å². The van der Waals surface area contributed by atoms with Crippen LogP contribution in [0.25, 0.3) is 0 Å². The van der Waals surface area contributed by atoms with E-state index in [4.69, 9.17) is 0 Å². The molecule has 20 heavy (non-hydrogen) atoms. The van der Waals surface area contributed by atoms with Crippen LogP contribution in [0, 0.1) is 6.92 Å². The fraction of sp³-hybridized carbons (Fsp3) is 0.357. The molecule has 2 aromatic rings. The number of aromatic nitrogens is 2. The van der Waals surface area contributed by atoms with Crippen molar-refractivity contribution >= 4 is 17.2 Å². The van der Waals surface area contributed by atoms with Crippen LogP contribution in [0.1, 0.15) is 39.8 Å². The van der Waals surface area contributed by atoms with Gasteiger partial charge in [0, 0.05) is 17.6 Å². The molecule has 0 aliphatic rings. The summed E-state index contributed by atoms with van der Waals surface area (Å²) in [7, 11) is 0. The summed E-state index contributed by atoms with van der Waals surface area (Å²) in [6.45, 7) is 3.91. The molecule has 0 spiro atoms. The van der Waals surface area contributed by atoms with Crippen LogP contribution in [-0.2, 0) is 6.42 Å².